The molecule has 2 N–H and O–H groups in total. The number of benzene rings is 2. The highest BCUT2D eigenvalue weighted by Gasteiger charge is 2.15. The Kier molecular flexibility index (Phi) is 8.38. The zero-order valence-electron chi connectivity index (χ0n) is 15.1. The predicted molar refractivity (Wildman–Crippen MR) is 102 cm³/mol. The number of rotatable bonds is 8. The van der Waals surface area contributed by atoms with Crippen molar-refractivity contribution >= 4 is 12.4 Å². The lowest BCUT2D eigenvalue weighted by molar-refractivity contribution is 0.287. The number of ether oxygens (including phenoxy) is 4. The van der Waals surface area contributed by atoms with Gasteiger partial charge < -0.3 is 24.7 Å². The van der Waals surface area contributed by atoms with Crippen LogP contribution in [-0.4, -0.2) is 27.4 Å². The fourth-order valence-corrected chi connectivity index (χ4v) is 2.50. The van der Waals surface area contributed by atoms with E-state index in [9.17, 15) is 0 Å². The van der Waals surface area contributed by atoms with Gasteiger partial charge >= 0.3 is 0 Å². The first-order valence-electron chi connectivity index (χ1n) is 8.01. The van der Waals surface area contributed by atoms with Gasteiger partial charge in [0.1, 0.15) is 0 Å². The van der Waals surface area contributed by atoms with E-state index < -0.39 is 0 Å². The van der Waals surface area contributed by atoms with Gasteiger partial charge in [-0.2, -0.15) is 0 Å². The van der Waals surface area contributed by atoms with Gasteiger partial charge in [0.2, 0.25) is 0 Å². The third-order valence-corrected chi connectivity index (χ3v) is 3.69. The molecule has 0 amide bonds. The molecule has 2 aromatic rings. The Morgan fingerprint density at radius 2 is 1.24 bits per heavy atom. The van der Waals surface area contributed by atoms with Crippen molar-refractivity contribution in [2.24, 2.45) is 5.73 Å². The van der Waals surface area contributed by atoms with E-state index in [1.165, 1.54) is 0 Å². The molecule has 0 saturated heterocycles. The van der Waals surface area contributed by atoms with Crippen LogP contribution in [0.3, 0.4) is 0 Å². The standard InChI is InChI=1S/C19H25NO4.ClH/c1-5-23-16-10-8-14(12-18(16)24-6-2)19(20)13-7-9-15(21-3)17(11-13)22-4;/h7-12,19H,5-6,20H2,1-4H3;1H. The van der Waals surface area contributed by atoms with Crippen molar-refractivity contribution in [3.63, 3.8) is 0 Å². The van der Waals surface area contributed by atoms with Crippen molar-refractivity contribution in [2.75, 3.05) is 27.4 Å². The third kappa shape index (κ3) is 4.94. The van der Waals surface area contributed by atoms with Crippen molar-refractivity contribution in [1.82, 2.24) is 0 Å². The van der Waals surface area contributed by atoms with Gasteiger partial charge in [-0.05, 0) is 49.2 Å². The van der Waals surface area contributed by atoms with E-state index in [4.69, 9.17) is 24.7 Å². The first-order chi connectivity index (χ1) is 11.6. The highest BCUT2D eigenvalue weighted by molar-refractivity contribution is 5.85. The van der Waals surface area contributed by atoms with E-state index in [-0.39, 0.29) is 18.4 Å². The van der Waals surface area contributed by atoms with Crippen LogP contribution in [0.25, 0.3) is 0 Å². The van der Waals surface area contributed by atoms with Gasteiger partial charge in [0.25, 0.3) is 0 Å². The van der Waals surface area contributed by atoms with E-state index in [0.717, 1.165) is 16.9 Å². The molecule has 1 atom stereocenters. The van der Waals surface area contributed by atoms with Crippen molar-refractivity contribution < 1.29 is 18.9 Å². The first-order valence-corrected chi connectivity index (χ1v) is 8.01. The fraction of sp³-hybridized carbons (Fsp3) is 0.368. The van der Waals surface area contributed by atoms with Crippen LogP contribution < -0.4 is 24.7 Å². The summed E-state index contributed by atoms with van der Waals surface area (Å²) >= 11 is 0. The second-order valence-electron chi connectivity index (χ2n) is 5.16. The van der Waals surface area contributed by atoms with Crippen molar-refractivity contribution in [3.8, 4) is 23.0 Å². The maximum absolute atomic E-state index is 6.43. The smallest absolute Gasteiger partial charge is 0.161 e. The molecule has 0 spiro atoms. The van der Waals surface area contributed by atoms with Gasteiger partial charge in [0, 0.05) is 0 Å². The monoisotopic (exact) mass is 367 g/mol. The molecule has 0 aliphatic carbocycles. The first kappa shape index (κ1) is 20.9. The summed E-state index contributed by atoms with van der Waals surface area (Å²) in [5, 5.41) is 0. The van der Waals surface area contributed by atoms with Crippen molar-refractivity contribution in [3.05, 3.63) is 47.5 Å². The number of nitrogens with two attached hydrogens (primary N) is 1. The maximum atomic E-state index is 6.43. The average Bonchev–Trinajstić information content (AvgIpc) is 2.62. The Morgan fingerprint density at radius 1 is 0.760 bits per heavy atom. The minimum absolute atomic E-state index is 0. The lowest BCUT2D eigenvalue weighted by Crippen LogP contribution is -2.12. The molecule has 2 rings (SSSR count). The second-order valence-corrected chi connectivity index (χ2v) is 5.16. The highest BCUT2D eigenvalue weighted by atomic mass is 35.5. The van der Waals surface area contributed by atoms with Crippen LogP contribution in [0, 0.1) is 0 Å². The number of halogens is 1. The quantitative estimate of drug-likeness (QED) is 0.764. The van der Waals surface area contributed by atoms with E-state index in [2.05, 4.69) is 0 Å². The molecule has 6 heteroatoms. The largest absolute Gasteiger partial charge is 0.493 e. The van der Waals surface area contributed by atoms with Crippen molar-refractivity contribution in [1.29, 1.82) is 0 Å². The molecule has 0 aromatic heterocycles. The Labute approximate surface area is 155 Å². The molecule has 0 radical (unpaired) electrons. The molecule has 0 saturated carbocycles. The summed E-state index contributed by atoms with van der Waals surface area (Å²) in [6.45, 7) is 5.03. The normalized spacial score (nSPS) is 11.2. The van der Waals surface area contributed by atoms with Gasteiger partial charge in [-0.25, -0.2) is 0 Å². The van der Waals surface area contributed by atoms with Gasteiger partial charge in [0.05, 0.1) is 33.5 Å². The van der Waals surface area contributed by atoms with E-state index in [1.807, 2.05) is 50.2 Å². The van der Waals surface area contributed by atoms with Crippen LogP contribution in [0.1, 0.15) is 31.0 Å². The summed E-state index contributed by atoms with van der Waals surface area (Å²) in [6, 6.07) is 11.1. The third-order valence-electron chi connectivity index (χ3n) is 3.69. The SMILES string of the molecule is CCOc1ccc(C(N)c2ccc(OC)c(OC)c2)cc1OCC.Cl. The maximum Gasteiger partial charge on any atom is 0.161 e. The van der Waals surface area contributed by atoms with Crippen LogP contribution in [0.2, 0.25) is 0 Å². The van der Waals surface area contributed by atoms with Crippen LogP contribution >= 0.6 is 12.4 Å². The molecular weight excluding hydrogens is 342 g/mol. The summed E-state index contributed by atoms with van der Waals surface area (Å²) in [6.07, 6.45) is 0. The molecule has 0 aliphatic rings. The molecule has 0 heterocycles. The molecule has 138 valence electrons. The molecule has 0 aliphatic heterocycles. The minimum Gasteiger partial charge on any atom is -0.493 e. The van der Waals surface area contributed by atoms with Crippen LogP contribution in [0.4, 0.5) is 0 Å². The van der Waals surface area contributed by atoms with E-state index in [0.29, 0.717) is 30.5 Å². The highest BCUT2D eigenvalue weighted by Crippen LogP contribution is 2.34. The lowest BCUT2D eigenvalue weighted by Gasteiger charge is -2.18. The number of hydrogen-bond acceptors (Lipinski definition) is 5. The summed E-state index contributed by atoms with van der Waals surface area (Å²) in [5.74, 6) is 2.76. The lowest BCUT2D eigenvalue weighted by atomic mass is 9.98. The van der Waals surface area contributed by atoms with E-state index >= 15 is 0 Å². The van der Waals surface area contributed by atoms with Gasteiger partial charge in [-0.15, -0.1) is 12.4 Å². The van der Waals surface area contributed by atoms with Crippen LogP contribution in [0.5, 0.6) is 23.0 Å². The second kappa shape index (κ2) is 10.0. The van der Waals surface area contributed by atoms with Gasteiger partial charge in [-0.1, -0.05) is 12.1 Å². The molecule has 5 nitrogen and oxygen atoms in total. The molecule has 0 fully saturated rings. The van der Waals surface area contributed by atoms with Crippen molar-refractivity contribution in [2.45, 2.75) is 19.9 Å². The Morgan fingerprint density at radius 3 is 1.76 bits per heavy atom. The summed E-state index contributed by atoms with van der Waals surface area (Å²) in [5.41, 5.74) is 8.30. The summed E-state index contributed by atoms with van der Waals surface area (Å²) in [4.78, 5) is 0. The Hall–Kier alpha value is -2.11. The Balaban J connectivity index is 0.00000312. The molecule has 25 heavy (non-hydrogen) atoms. The van der Waals surface area contributed by atoms with Gasteiger partial charge in [0.15, 0.2) is 23.0 Å². The zero-order chi connectivity index (χ0) is 17.5. The number of hydrogen-bond donors (Lipinski definition) is 1. The Bertz CT molecular complexity index is 678. The molecule has 2 aromatic carbocycles. The summed E-state index contributed by atoms with van der Waals surface area (Å²) in [7, 11) is 3.22. The topological polar surface area (TPSA) is 62.9 Å². The van der Waals surface area contributed by atoms with Crippen LogP contribution in [-0.2, 0) is 0 Å². The average molecular weight is 368 g/mol. The zero-order valence-corrected chi connectivity index (χ0v) is 15.9. The molecular formula is C19H26ClNO4. The van der Waals surface area contributed by atoms with Gasteiger partial charge in [-0.3, -0.25) is 0 Å². The minimum atomic E-state index is -0.306. The fourth-order valence-electron chi connectivity index (χ4n) is 2.50. The van der Waals surface area contributed by atoms with E-state index in [1.54, 1.807) is 14.2 Å². The predicted octanol–water partition coefficient (Wildman–Crippen LogP) is 3.97. The van der Waals surface area contributed by atoms with Crippen LogP contribution in [0.15, 0.2) is 36.4 Å². The number of methoxy groups -OCH3 is 2. The summed E-state index contributed by atoms with van der Waals surface area (Å²) < 4.78 is 21.9. The molecule has 0 bridgehead atoms. The molecule has 1 unspecified atom stereocenters.